The molecule has 1 amide bonds. The maximum absolute atomic E-state index is 14.5. The molecule has 6 nitrogen and oxygen atoms in total. The van der Waals surface area contributed by atoms with Gasteiger partial charge in [-0.15, -0.1) is 0 Å². The van der Waals surface area contributed by atoms with Crippen molar-refractivity contribution in [1.29, 1.82) is 0 Å². The van der Waals surface area contributed by atoms with E-state index < -0.39 is 34.8 Å². The molecule has 5 rings (SSSR count). The molecule has 2 N–H and O–H groups in total. The summed E-state index contributed by atoms with van der Waals surface area (Å²) in [4.78, 5) is 30.6. The number of hydrogen-bond donors (Lipinski definition) is 2. The van der Waals surface area contributed by atoms with Gasteiger partial charge >= 0.3 is 6.18 Å². The quantitative estimate of drug-likeness (QED) is 0.480. The first-order valence-corrected chi connectivity index (χ1v) is 10.3. The Balaban J connectivity index is 1.79. The minimum atomic E-state index is -4.98. The fourth-order valence-electron chi connectivity index (χ4n) is 4.34. The number of carbonyl (C=O) groups is 1. The molecule has 2 aliphatic rings. The van der Waals surface area contributed by atoms with E-state index in [4.69, 9.17) is 0 Å². The molecule has 0 radical (unpaired) electrons. The summed E-state index contributed by atoms with van der Waals surface area (Å²) in [6.07, 6.45) is -4.66. The third-order valence-corrected chi connectivity index (χ3v) is 5.91. The van der Waals surface area contributed by atoms with Gasteiger partial charge in [-0.1, -0.05) is 0 Å². The summed E-state index contributed by atoms with van der Waals surface area (Å²) in [6.45, 7) is 0.305. The zero-order chi connectivity index (χ0) is 24.2. The lowest BCUT2D eigenvalue weighted by Gasteiger charge is -2.39. The predicted molar refractivity (Wildman–Crippen MR) is 114 cm³/mol. The number of aromatic amines is 1. The number of pyridine rings is 1. The molecular formula is C23H17F5N4O2. The van der Waals surface area contributed by atoms with Crippen molar-refractivity contribution in [2.24, 2.45) is 0 Å². The van der Waals surface area contributed by atoms with E-state index >= 15 is 0 Å². The molecule has 2 aromatic carbocycles. The van der Waals surface area contributed by atoms with Crippen molar-refractivity contribution in [3.8, 4) is 0 Å². The maximum Gasteiger partial charge on any atom is 0.419 e. The second-order valence-electron chi connectivity index (χ2n) is 8.04. The third kappa shape index (κ3) is 3.71. The number of alkyl halides is 3. The van der Waals surface area contributed by atoms with Crippen LogP contribution in [0.5, 0.6) is 0 Å². The molecule has 0 saturated heterocycles. The van der Waals surface area contributed by atoms with Crippen LogP contribution >= 0.6 is 0 Å². The molecule has 0 fully saturated rings. The topological polar surface area (TPSA) is 68.4 Å². The Hall–Kier alpha value is -3.73. The molecule has 2 aliphatic heterocycles. The SMILES string of the molecule is O=C1c2cc(F)c(C(F)(F)F)cc2N2CN1c1ccc(=O)[nH]c1CNCCc1cc(F)ccc12. The lowest BCUT2D eigenvalue weighted by Crippen LogP contribution is -2.46. The van der Waals surface area contributed by atoms with Gasteiger partial charge in [0.05, 0.1) is 28.2 Å². The lowest BCUT2D eigenvalue weighted by molar-refractivity contribution is -0.139. The summed E-state index contributed by atoms with van der Waals surface area (Å²) in [5, 5.41) is 3.12. The molecule has 0 unspecified atom stereocenters. The van der Waals surface area contributed by atoms with Gasteiger partial charge in [0.1, 0.15) is 18.3 Å². The highest BCUT2D eigenvalue weighted by Gasteiger charge is 2.40. The Kier molecular flexibility index (Phi) is 5.16. The highest BCUT2D eigenvalue weighted by molar-refractivity contribution is 6.13. The molecule has 3 aromatic rings. The Labute approximate surface area is 189 Å². The summed E-state index contributed by atoms with van der Waals surface area (Å²) in [6, 6.07) is 7.71. The second-order valence-corrected chi connectivity index (χ2v) is 8.04. The van der Waals surface area contributed by atoms with Gasteiger partial charge in [-0.05, 0) is 54.9 Å². The molecule has 3 heterocycles. The number of anilines is 3. The number of nitrogens with zero attached hydrogens (tertiary/aromatic N) is 2. The van der Waals surface area contributed by atoms with Crippen molar-refractivity contribution in [3.05, 3.63) is 86.8 Å². The minimum Gasteiger partial charge on any atom is -0.323 e. The zero-order valence-corrected chi connectivity index (χ0v) is 17.5. The monoisotopic (exact) mass is 476 g/mol. The first kappa shape index (κ1) is 22.1. The average Bonchev–Trinajstić information content (AvgIpc) is 2.79. The van der Waals surface area contributed by atoms with Gasteiger partial charge in [-0.3, -0.25) is 14.5 Å². The number of rotatable bonds is 0. The first-order chi connectivity index (χ1) is 16.1. The molecule has 0 aliphatic carbocycles. The van der Waals surface area contributed by atoms with Crippen molar-refractivity contribution in [1.82, 2.24) is 10.3 Å². The standard InChI is InChI=1S/C23H17F5N4O2/c24-13-1-2-18-12(7-13)5-6-29-10-17-19(3-4-21(33)30-17)32-11-31(18)20-9-15(23(26,27)28)16(25)8-14(20)22(32)34/h1-4,7-9,29H,5-6,10-11H2,(H,30,33). The van der Waals surface area contributed by atoms with Gasteiger partial charge < -0.3 is 15.2 Å². The Morgan fingerprint density at radius 2 is 1.65 bits per heavy atom. The van der Waals surface area contributed by atoms with E-state index in [2.05, 4.69) is 10.3 Å². The number of carbonyl (C=O) groups excluding carboxylic acids is 1. The predicted octanol–water partition coefficient (Wildman–Crippen LogP) is 4.07. The van der Waals surface area contributed by atoms with Crippen molar-refractivity contribution in [3.63, 3.8) is 0 Å². The summed E-state index contributed by atoms with van der Waals surface area (Å²) in [5.41, 5.74) is -0.746. The summed E-state index contributed by atoms with van der Waals surface area (Å²) < 4.78 is 69.0. The van der Waals surface area contributed by atoms with Crippen LogP contribution in [0, 0.1) is 11.6 Å². The van der Waals surface area contributed by atoms with Crippen molar-refractivity contribution in [2.75, 3.05) is 23.0 Å². The number of halogens is 5. The summed E-state index contributed by atoms with van der Waals surface area (Å²) >= 11 is 0. The molecule has 2 bridgehead atoms. The largest absolute Gasteiger partial charge is 0.419 e. The van der Waals surface area contributed by atoms with Crippen LogP contribution in [0.25, 0.3) is 0 Å². The van der Waals surface area contributed by atoms with Gasteiger partial charge in [0.2, 0.25) is 5.56 Å². The van der Waals surface area contributed by atoms with Gasteiger partial charge in [0.25, 0.3) is 5.91 Å². The Morgan fingerprint density at radius 3 is 2.41 bits per heavy atom. The Bertz CT molecular complexity index is 1370. The van der Waals surface area contributed by atoms with E-state index in [0.29, 0.717) is 47.7 Å². The molecule has 1 aromatic heterocycles. The number of benzene rings is 2. The number of hydrogen-bond acceptors (Lipinski definition) is 4. The molecular weight excluding hydrogens is 459 g/mol. The van der Waals surface area contributed by atoms with Crippen molar-refractivity contribution < 1.29 is 26.7 Å². The molecule has 176 valence electrons. The maximum atomic E-state index is 14.5. The number of aromatic nitrogens is 1. The van der Waals surface area contributed by atoms with Crippen LogP contribution < -0.4 is 20.7 Å². The van der Waals surface area contributed by atoms with E-state index in [1.54, 1.807) is 0 Å². The second kappa shape index (κ2) is 7.94. The molecule has 0 atom stereocenters. The van der Waals surface area contributed by atoms with Crippen molar-refractivity contribution in [2.45, 2.75) is 19.1 Å². The van der Waals surface area contributed by atoms with Crippen LogP contribution in [-0.2, 0) is 19.1 Å². The van der Waals surface area contributed by atoms with E-state index in [0.717, 1.165) is 0 Å². The Morgan fingerprint density at radius 1 is 0.882 bits per heavy atom. The van der Waals surface area contributed by atoms with Crippen LogP contribution in [0.1, 0.15) is 27.2 Å². The van der Waals surface area contributed by atoms with Crippen LogP contribution in [0.3, 0.4) is 0 Å². The smallest absolute Gasteiger partial charge is 0.323 e. The number of nitrogens with one attached hydrogen (secondary N) is 2. The van der Waals surface area contributed by atoms with Gasteiger partial charge in [-0.25, -0.2) is 8.78 Å². The fraction of sp³-hybridized carbons (Fsp3) is 0.217. The van der Waals surface area contributed by atoms with E-state index in [1.165, 1.54) is 40.1 Å². The van der Waals surface area contributed by atoms with E-state index in [-0.39, 0.29) is 24.5 Å². The van der Waals surface area contributed by atoms with Gasteiger partial charge in [0.15, 0.2) is 0 Å². The zero-order valence-electron chi connectivity index (χ0n) is 17.5. The average molecular weight is 476 g/mol. The van der Waals surface area contributed by atoms with Crippen LogP contribution in [0.15, 0.2) is 47.3 Å². The van der Waals surface area contributed by atoms with Crippen LogP contribution in [0.4, 0.5) is 39.0 Å². The molecule has 0 saturated carbocycles. The van der Waals surface area contributed by atoms with Gasteiger partial charge in [0, 0.05) is 18.3 Å². The normalized spacial score (nSPS) is 15.9. The molecule has 11 heteroatoms. The van der Waals surface area contributed by atoms with Crippen LogP contribution in [-0.4, -0.2) is 24.1 Å². The fourth-order valence-corrected chi connectivity index (χ4v) is 4.34. The molecule has 0 spiro atoms. The summed E-state index contributed by atoms with van der Waals surface area (Å²) in [5.74, 6) is -2.83. The summed E-state index contributed by atoms with van der Waals surface area (Å²) in [7, 11) is 0. The minimum absolute atomic E-state index is 0.138. The molecule has 34 heavy (non-hydrogen) atoms. The van der Waals surface area contributed by atoms with Gasteiger partial charge in [-0.2, -0.15) is 13.2 Å². The first-order valence-electron chi connectivity index (χ1n) is 10.3. The van der Waals surface area contributed by atoms with Crippen molar-refractivity contribution >= 4 is 23.0 Å². The van der Waals surface area contributed by atoms with E-state index in [9.17, 15) is 31.5 Å². The van der Waals surface area contributed by atoms with E-state index in [1.807, 2.05) is 0 Å². The van der Waals surface area contributed by atoms with Crippen LogP contribution in [0.2, 0.25) is 0 Å². The lowest BCUT2D eigenvalue weighted by atomic mass is 10.0. The number of H-pyrrole nitrogens is 1. The number of amides is 1. The highest BCUT2D eigenvalue weighted by Crippen LogP contribution is 2.42. The third-order valence-electron chi connectivity index (χ3n) is 5.91. The number of fused-ring (bicyclic) bond motifs is 8. The highest BCUT2D eigenvalue weighted by atomic mass is 19.4.